The zero-order chi connectivity index (χ0) is 19.0. The molecule has 0 atom stereocenters. The van der Waals surface area contributed by atoms with Gasteiger partial charge in [-0.3, -0.25) is 4.79 Å². The van der Waals surface area contributed by atoms with Gasteiger partial charge in [0.1, 0.15) is 11.6 Å². The predicted octanol–water partition coefficient (Wildman–Crippen LogP) is 4.92. The van der Waals surface area contributed by atoms with Gasteiger partial charge in [0.15, 0.2) is 5.76 Å². The number of nitrogens with one attached hydrogen (secondary N) is 1. The number of carbonyl (C=O) groups is 1. The van der Waals surface area contributed by atoms with Crippen molar-refractivity contribution in [2.24, 2.45) is 0 Å². The van der Waals surface area contributed by atoms with Crippen LogP contribution < -0.4 is 10.1 Å². The highest BCUT2D eigenvalue weighted by Crippen LogP contribution is 2.49. The van der Waals surface area contributed by atoms with E-state index in [0.29, 0.717) is 34.5 Å². The standard InChI is InChI=1S/C20H16BrFN2O3/c1-26-14-4-2-3-12(9-14)17-11-18(24-27-17)20(7-8-20)19(25)23-16-6-5-13(21)10-15(16)22/h2-6,9-11H,7-8H2,1H3,(H,23,25). The minimum atomic E-state index is -0.778. The quantitative estimate of drug-likeness (QED) is 0.623. The van der Waals surface area contributed by atoms with Crippen LogP contribution in [0, 0.1) is 5.82 Å². The molecular formula is C20H16BrFN2O3. The molecule has 0 spiro atoms. The average Bonchev–Trinajstić information content (AvgIpc) is 3.34. The first-order valence-corrected chi connectivity index (χ1v) is 9.19. The number of rotatable bonds is 5. The lowest BCUT2D eigenvalue weighted by molar-refractivity contribution is -0.118. The van der Waals surface area contributed by atoms with Crippen LogP contribution in [0.15, 0.2) is 57.5 Å². The van der Waals surface area contributed by atoms with E-state index in [4.69, 9.17) is 9.26 Å². The largest absolute Gasteiger partial charge is 0.497 e. The Hall–Kier alpha value is -2.67. The van der Waals surface area contributed by atoms with E-state index in [-0.39, 0.29) is 11.6 Å². The van der Waals surface area contributed by atoms with E-state index in [1.165, 1.54) is 12.1 Å². The van der Waals surface area contributed by atoms with E-state index in [9.17, 15) is 9.18 Å². The molecule has 2 aromatic carbocycles. The third kappa shape index (κ3) is 3.35. The van der Waals surface area contributed by atoms with E-state index in [0.717, 1.165) is 5.56 Å². The summed E-state index contributed by atoms with van der Waals surface area (Å²) in [6.07, 6.45) is 1.28. The minimum absolute atomic E-state index is 0.144. The van der Waals surface area contributed by atoms with Crippen LogP contribution in [0.1, 0.15) is 18.5 Å². The maximum atomic E-state index is 14.0. The number of halogens is 2. The van der Waals surface area contributed by atoms with Gasteiger partial charge in [-0.2, -0.15) is 0 Å². The van der Waals surface area contributed by atoms with Crippen LogP contribution in [0.4, 0.5) is 10.1 Å². The summed E-state index contributed by atoms with van der Waals surface area (Å²) in [4.78, 5) is 12.8. The normalized spacial score (nSPS) is 14.6. The zero-order valence-electron chi connectivity index (χ0n) is 14.5. The van der Waals surface area contributed by atoms with Gasteiger partial charge in [-0.05, 0) is 43.2 Å². The number of ether oxygens (including phenoxy) is 1. The summed E-state index contributed by atoms with van der Waals surface area (Å²) in [5.41, 5.74) is 0.727. The van der Waals surface area contributed by atoms with Gasteiger partial charge in [0.25, 0.3) is 0 Å². The first-order chi connectivity index (χ1) is 13.0. The van der Waals surface area contributed by atoms with Crippen LogP contribution in [0.2, 0.25) is 0 Å². The second kappa shape index (κ2) is 6.81. The van der Waals surface area contributed by atoms with E-state index in [2.05, 4.69) is 26.4 Å². The molecule has 0 bridgehead atoms. The first-order valence-electron chi connectivity index (χ1n) is 8.40. The van der Waals surface area contributed by atoms with Crippen LogP contribution in [0.3, 0.4) is 0 Å². The van der Waals surface area contributed by atoms with Gasteiger partial charge >= 0.3 is 0 Å². The number of aromatic nitrogens is 1. The number of amides is 1. The molecule has 3 aromatic rings. The average molecular weight is 431 g/mol. The number of methoxy groups -OCH3 is 1. The van der Waals surface area contributed by atoms with Crippen molar-refractivity contribution in [2.45, 2.75) is 18.3 Å². The van der Waals surface area contributed by atoms with Crippen molar-refractivity contribution in [1.29, 1.82) is 0 Å². The maximum absolute atomic E-state index is 14.0. The molecule has 0 saturated heterocycles. The third-order valence-electron chi connectivity index (χ3n) is 4.72. The first kappa shape index (κ1) is 17.7. The lowest BCUT2D eigenvalue weighted by atomic mass is 10.00. The zero-order valence-corrected chi connectivity index (χ0v) is 16.0. The highest BCUT2D eigenvalue weighted by Gasteiger charge is 2.54. The van der Waals surface area contributed by atoms with Crippen molar-refractivity contribution >= 4 is 27.5 Å². The van der Waals surface area contributed by atoms with E-state index in [1.54, 1.807) is 19.2 Å². The van der Waals surface area contributed by atoms with Crippen LogP contribution in [-0.2, 0) is 10.2 Å². The molecular weight excluding hydrogens is 415 g/mol. The van der Waals surface area contributed by atoms with Crippen LogP contribution in [-0.4, -0.2) is 18.2 Å². The second-order valence-electron chi connectivity index (χ2n) is 6.47. The fourth-order valence-electron chi connectivity index (χ4n) is 2.97. The summed E-state index contributed by atoms with van der Waals surface area (Å²) in [6, 6.07) is 13.7. The maximum Gasteiger partial charge on any atom is 0.236 e. The Bertz CT molecular complexity index is 1010. The summed E-state index contributed by atoms with van der Waals surface area (Å²) in [5, 5.41) is 6.77. The van der Waals surface area contributed by atoms with Crippen molar-refractivity contribution in [2.75, 3.05) is 12.4 Å². The van der Waals surface area contributed by atoms with Gasteiger partial charge in [0, 0.05) is 16.1 Å². The Morgan fingerprint density at radius 2 is 2.07 bits per heavy atom. The van der Waals surface area contributed by atoms with E-state index < -0.39 is 11.2 Å². The number of anilines is 1. The molecule has 0 radical (unpaired) electrons. The molecule has 7 heteroatoms. The van der Waals surface area contributed by atoms with Crippen LogP contribution in [0.5, 0.6) is 5.75 Å². The number of benzene rings is 2. The molecule has 0 unspecified atom stereocenters. The fraction of sp³-hybridized carbons (Fsp3) is 0.200. The van der Waals surface area contributed by atoms with Gasteiger partial charge in [-0.1, -0.05) is 33.2 Å². The summed E-state index contributed by atoms with van der Waals surface area (Å²) in [7, 11) is 1.59. The van der Waals surface area contributed by atoms with E-state index in [1.807, 2.05) is 24.3 Å². The Morgan fingerprint density at radius 3 is 2.78 bits per heavy atom. The molecule has 1 amide bonds. The molecule has 1 aliphatic carbocycles. The van der Waals surface area contributed by atoms with Crippen molar-refractivity contribution in [3.8, 4) is 17.1 Å². The molecule has 27 heavy (non-hydrogen) atoms. The minimum Gasteiger partial charge on any atom is -0.497 e. The van der Waals surface area contributed by atoms with Crippen molar-refractivity contribution in [1.82, 2.24) is 5.16 Å². The summed E-state index contributed by atoms with van der Waals surface area (Å²) in [5.74, 6) is 0.479. The predicted molar refractivity (Wildman–Crippen MR) is 102 cm³/mol. The lowest BCUT2D eigenvalue weighted by Crippen LogP contribution is -2.28. The SMILES string of the molecule is COc1cccc(-c2cc(C3(C(=O)Nc4ccc(Br)cc4F)CC3)no2)c1. The van der Waals surface area contributed by atoms with Crippen molar-refractivity contribution < 1.29 is 18.4 Å². The van der Waals surface area contributed by atoms with Crippen molar-refractivity contribution in [3.63, 3.8) is 0 Å². The molecule has 1 fully saturated rings. The molecule has 5 nitrogen and oxygen atoms in total. The third-order valence-corrected chi connectivity index (χ3v) is 5.21. The van der Waals surface area contributed by atoms with Crippen LogP contribution >= 0.6 is 15.9 Å². The molecule has 1 heterocycles. The van der Waals surface area contributed by atoms with Gasteiger partial charge in [0.05, 0.1) is 23.9 Å². The molecule has 0 aliphatic heterocycles. The molecule has 4 rings (SSSR count). The lowest BCUT2D eigenvalue weighted by Gasteiger charge is -2.13. The Balaban J connectivity index is 1.57. The summed E-state index contributed by atoms with van der Waals surface area (Å²) >= 11 is 3.20. The number of nitrogens with zero attached hydrogens (tertiary/aromatic N) is 1. The van der Waals surface area contributed by atoms with Gasteiger partial charge < -0.3 is 14.6 Å². The van der Waals surface area contributed by atoms with Gasteiger partial charge in [-0.15, -0.1) is 0 Å². The monoisotopic (exact) mass is 430 g/mol. The molecule has 138 valence electrons. The van der Waals surface area contributed by atoms with Crippen molar-refractivity contribution in [3.05, 3.63) is 64.5 Å². The smallest absolute Gasteiger partial charge is 0.236 e. The topological polar surface area (TPSA) is 64.4 Å². The highest BCUT2D eigenvalue weighted by molar-refractivity contribution is 9.10. The molecule has 1 N–H and O–H groups in total. The van der Waals surface area contributed by atoms with Gasteiger partial charge in [0.2, 0.25) is 5.91 Å². The number of carbonyl (C=O) groups excluding carboxylic acids is 1. The second-order valence-corrected chi connectivity index (χ2v) is 7.38. The number of hydrogen-bond acceptors (Lipinski definition) is 4. The van der Waals surface area contributed by atoms with Crippen LogP contribution in [0.25, 0.3) is 11.3 Å². The summed E-state index contributed by atoms with van der Waals surface area (Å²) in [6.45, 7) is 0. The molecule has 1 aromatic heterocycles. The van der Waals surface area contributed by atoms with Gasteiger partial charge in [-0.25, -0.2) is 4.39 Å². The molecule has 1 saturated carbocycles. The fourth-order valence-corrected chi connectivity index (χ4v) is 3.30. The summed E-state index contributed by atoms with van der Waals surface area (Å²) < 4.78 is 25.3. The Kier molecular flexibility index (Phi) is 4.47. The molecule has 1 aliphatic rings. The number of hydrogen-bond donors (Lipinski definition) is 1. The van der Waals surface area contributed by atoms with E-state index >= 15 is 0 Å². The Morgan fingerprint density at radius 1 is 1.26 bits per heavy atom. The Labute approximate surface area is 163 Å². The highest BCUT2D eigenvalue weighted by atomic mass is 79.9.